The quantitative estimate of drug-likeness (QED) is 0.515. The highest BCUT2D eigenvalue weighted by Gasteiger charge is 2.18. The van der Waals surface area contributed by atoms with Crippen molar-refractivity contribution in [2.24, 2.45) is 0 Å². The molecule has 8 heteroatoms. The summed E-state index contributed by atoms with van der Waals surface area (Å²) < 4.78 is 11.3. The van der Waals surface area contributed by atoms with Crippen LogP contribution in [-0.4, -0.2) is 36.2 Å². The Labute approximate surface area is 179 Å². The van der Waals surface area contributed by atoms with Crippen molar-refractivity contribution in [2.75, 3.05) is 19.1 Å². The van der Waals surface area contributed by atoms with Crippen LogP contribution < -0.4 is 14.8 Å². The Hall–Kier alpha value is -1.60. The molecular weight excluding hydrogens is 421 g/mol. The molecule has 0 radical (unpaired) electrons. The van der Waals surface area contributed by atoms with Crippen molar-refractivity contribution in [2.45, 2.75) is 25.6 Å². The molecule has 0 heterocycles. The highest BCUT2D eigenvalue weighted by Crippen LogP contribution is 2.37. The van der Waals surface area contributed by atoms with Gasteiger partial charge in [-0.15, -0.1) is 0 Å². The average molecular weight is 444 g/mol. The number of rotatable bonds is 11. The number of carbonyl (C=O) groups is 1. The van der Waals surface area contributed by atoms with E-state index in [2.05, 4.69) is 5.32 Å². The number of hydrogen-bond donors (Lipinski definition) is 2. The van der Waals surface area contributed by atoms with Crippen LogP contribution in [0.5, 0.6) is 11.5 Å². The highest BCUT2D eigenvalue weighted by molar-refractivity contribution is 7.98. The average Bonchev–Trinajstić information content (AvgIpc) is 2.67. The van der Waals surface area contributed by atoms with E-state index in [1.807, 2.05) is 24.5 Å². The summed E-state index contributed by atoms with van der Waals surface area (Å²) in [5.41, 5.74) is 1.65. The fraction of sp³-hybridized carbons (Fsp3) is 0.350. The smallest absolute Gasteiger partial charge is 0.320 e. The van der Waals surface area contributed by atoms with E-state index in [0.717, 1.165) is 16.9 Å². The zero-order valence-corrected chi connectivity index (χ0v) is 18.0. The fourth-order valence-electron chi connectivity index (χ4n) is 2.57. The number of carboxylic acids is 1. The van der Waals surface area contributed by atoms with Gasteiger partial charge in [-0.05, 0) is 42.2 Å². The topological polar surface area (TPSA) is 67.8 Å². The first-order chi connectivity index (χ1) is 13.5. The fourth-order valence-corrected chi connectivity index (χ4v) is 3.52. The zero-order valence-electron chi connectivity index (χ0n) is 15.7. The van der Waals surface area contributed by atoms with E-state index in [0.29, 0.717) is 34.5 Å². The molecule has 0 aliphatic carbocycles. The van der Waals surface area contributed by atoms with Gasteiger partial charge in [-0.2, -0.15) is 11.8 Å². The highest BCUT2D eigenvalue weighted by atomic mass is 35.5. The molecule has 2 N–H and O–H groups in total. The molecule has 0 amide bonds. The van der Waals surface area contributed by atoms with Crippen molar-refractivity contribution in [3.05, 3.63) is 57.6 Å². The zero-order chi connectivity index (χ0) is 20.5. The van der Waals surface area contributed by atoms with Crippen molar-refractivity contribution in [3.63, 3.8) is 0 Å². The molecule has 0 aromatic heterocycles. The van der Waals surface area contributed by atoms with Gasteiger partial charge in [0.1, 0.15) is 12.6 Å². The first-order valence-corrected chi connectivity index (χ1v) is 10.8. The van der Waals surface area contributed by atoms with E-state index in [4.69, 9.17) is 32.7 Å². The van der Waals surface area contributed by atoms with Gasteiger partial charge >= 0.3 is 5.97 Å². The molecule has 152 valence electrons. The summed E-state index contributed by atoms with van der Waals surface area (Å²) in [6.45, 7) is 0.606. The summed E-state index contributed by atoms with van der Waals surface area (Å²) in [6, 6.07) is 10.3. The lowest BCUT2D eigenvalue weighted by molar-refractivity contribution is -0.139. The molecule has 2 aromatic rings. The SMILES string of the molecule is COc1cc(CNC(CCSC)C(=O)O)cc(Cl)c1OCc1ccccc1Cl. The molecule has 1 unspecified atom stereocenters. The number of thioether (sulfide) groups is 1. The standard InChI is InChI=1S/C20H23Cl2NO4S/c1-26-18-10-13(11-23-17(20(24)25)7-8-28-2)9-16(22)19(18)27-12-14-5-3-4-6-15(14)21/h3-6,9-10,17,23H,7-8,11-12H2,1-2H3,(H,24,25). The van der Waals surface area contributed by atoms with Gasteiger partial charge in [0.25, 0.3) is 0 Å². The van der Waals surface area contributed by atoms with Crippen LogP contribution in [0, 0.1) is 0 Å². The lowest BCUT2D eigenvalue weighted by atomic mass is 10.1. The van der Waals surface area contributed by atoms with Crippen molar-refractivity contribution < 1.29 is 19.4 Å². The molecule has 0 bridgehead atoms. The second-order valence-electron chi connectivity index (χ2n) is 6.04. The van der Waals surface area contributed by atoms with Crippen LogP contribution >= 0.6 is 35.0 Å². The Bertz CT molecular complexity index is 804. The number of hydrogen-bond acceptors (Lipinski definition) is 5. The van der Waals surface area contributed by atoms with Gasteiger partial charge in [0, 0.05) is 17.1 Å². The number of aliphatic carboxylic acids is 1. The molecule has 28 heavy (non-hydrogen) atoms. The van der Waals surface area contributed by atoms with Crippen LogP contribution in [0.3, 0.4) is 0 Å². The number of carboxylic acid groups (broad SMARTS) is 1. The maximum absolute atomic E-state index is 11.4. The second-order valence-corrected chi connectivity index (χ2v) is 7.84. The lowest BCUT2D eigenvalue weighted by Gasteiger charge is -2.17. The third-order valence-corrected chi connectivity index (χ3v) is 5.37. The minimum absolute atomic E-state index is 0.253. The van der Waals surface area contributed by atoms with Gasteiger partial charge in [-0.1, -0.05) is 41.4 Å². The number of ether oxygens (including phenoxy) is 2. The van der Waals surface area contributed by atoms with Crippen molar-refractivity contribution in [3.8, 4) is 11.5 Å². The Morgan fingerprint density at radius 2 is 2.00 bits per heavy atom. The second kappa shape index (κ2) is 11.4. The van der Waals surface area contributed by atoms with Crippen molar-refractivity contribution >= 4 is 40.9 Å². The molecule has 0 spiro atoms. The van der Waals surface area contributed by atoms with Crippen molar-refractivity contribution in [1.82, 2.24) is 5.32 Å². The maximum Gasteiger partial charge on any atom is 0.320 e. The minimum Gasteiger partial charge on any atom is -0.493 e. The number of benzene rings is 2. The van der Waals surface area contributed by atoms with E-state index in [9.17, 15) is 9.90 Å². The number of methoxy groups -OCH3 is 1. The van der Waals surface area contributed by atoms with Crippen molar-refractivity contribution in [1.29, 1.82) is 0 Å². The number of nitrogens with one attached hydrogen (secondary N) is 1. The van der Waals surface area contributed by atoms with Crippen LogP contribution in [0.2, 0.25) is 10.0 Å². The Morgan fingerprint density at radius 3 is 2.64 bits per heavy atom. The van der Waals surface area contributed by atoms with Crippen LogP contribution in [0.4, 0.5) is 0 Å². The van der Waals surface area contributed by atoms with E-state index in [1.54, 1.807) is 30.0 Å². The molecule has 2 rings (SSSR count). The molecule has 1 atom stereocenters. The Balaban J connectivity index is 2.09. The molecule has 0 saturated heterocycles. The van der Waals surface area contributed by atoms with Gasteiger partial charge < -0.3 is 19.9 Å². The summed E-state index contributed by atoms with van der Waals surface area (Å²) in [5.74, 6) is 0.798. The van der Waals surface area contributed by atoms with Crippen LogP contribution in [-0.2, 0) is 17.9 Å². The predicted molar refractivity (Wildman–Crippen MR) is 115 cm³/mol. The summed E-state index contributed by atoms with van der Waals surface area (Å²) >= 11 is 14.2. The summed E-state index contributed by atoms with van der Waals surface area (Å²) in [4.78, 5) is 11.4. The number of halogens is 2. The molecule has 0 fully saturated rings. The van der Waals surface area contributed by atoms with E-state index in [-0.39, 0.29) is 6.61 Å². The van der Waals surface area contributed by atoms with Crippen LogP contribution in [0.1, 0.15) is 17.5 Å². The summed E-state index contributed by atoms with van der Waals surface area (Å²) in [7, 11) is 1.53. The molecule has 0 aliphatic heterocycles. The third-order valence-electron chi connectivity index (χ3n) is 4.08. The van der Waals surface area contributed by atoms with Gasteiger partial charge in [0.05, 0.1) is 12.1 Å². The maximum atomic E-state index is 11.4. The third kappa shape index (κ3) is 6.48. The van der Waals surface area contributed by atoms with E-state index >= 15 is 0 Å². The first-order valence-electron chi connectivity index (χ1n) is 8.64. The normalized spacial score (nSPS) is 11.9. The summed E-state index contributed by atoms with van der Waals surface area (Å²) in [6.07, 6.45) is 2.49. The molecule has 2 aromatic carbocycles. The summed E-state index contributed by atoms with van der Waals surface area (Å²) in [5, 5.41) is 13.4. The van der Waals surface area contributed by atoms with Gasteiger partial charge in [-0.3, -0.25) is 4.79 Å². The Kier molecular flexibility index (Phi) is 9.25. The van der Waals surface area contributed by atoms with Gasteiger partial charge in [0.2, 0.25) is 0 Å². The van der Waals surface area contributed by atoms with E-state index < -0.39 is 12.0 Å². The molecule has 5 nitrogen and oxygen atoms in total. The largest absolute Gasteiger partial charge is 0.493 e. The Morgan fingerprint density at radius 1 is 1.25 bits per heavy atom. The molecular formula is C20H23Cl2NO4S. The van der Waals surface area contributed by atoms with Gasteiger partial charge in [-0.25, -0.2) is 0 Å². The van der Waals surface area contributed by atoms with Crippen LogP contribution in [0.15, 0.2) is 36.4 Å². The van der Waals surface area contributed by atoms with E-state index in [1.165, 1.54) is 7.11 Å². The predicted octanol–water partition coefficient (Wildman–Crippen LogP) is 4.88. The molecule has 0 aliphatic rings. The molecule has 0 saturated carbocycles. The monoisotopic (exact) mass is 443 g/mol. The van der Waals surface area contributed by atoms with Crippen LogP contribution in [0.25, 0.3) is 0 Å². The minimum atomic E-state index is -0.869. The first kappa shape index (κ1) is 22.7. The lowest BCUT2D eigenvalue weighted by Crippen LogP contribution is -2.36. The van der Waals surface area contributed by atoms with Gasteiger partial charge in [0.15, 0.2) is 11.5 Å².